The summed E-state index contributed by atoms with van der Waals surface area (Å²) in [4.78, 5) is 12.3. The number of likely N-dealkylation sites (N-methyl/N-ethyl adjacent to an activating group) is 1. The summed E-state index contributed by atoms with van der Waals surface area (Å²) in [6.45, 7) is 4.94. The van der Waals surface area contributed by atoms with Crippen molar-refractivity contribution in [2.45, 2.75) is 38.0 Å². The van der Waals surface area contributed by atoms with Gasteiger partial charge in [0.2, 0.25) is 0 Å². The summed E-state index contributed by atoms with van der Waals surface area (Å²) < 4.78 is 5.08. The number of aryl methyl sites for hydroxylation is 1. The summed E-state index contributed by atoms with van der Waals surface area (Å²) in [5.41, 5.74) is 2.09. The Morgan fingerprint density at radius 2 is 2.24 bits per heavy atom. The lowest BCUT2D eigenvalue weighted by molar-refractivity contribution is -0.148. The molecule has 21 heavy (non-hydrogen) atoms. The number of ether oxygens (including phenoxy) is 1. The Kier molecular flexibility index (Phi) is 5.71. The van der Waals surface area contributed by atoms with Gasteiger partial charge in [0.25, 0.3) is 0 Å². The number of carbonyl (C=O) groups is 1. The van der Waals surface area contributed by atoms with Crippen LogP contribution >= 0.6 is 11.8 Å². The first-order valence-electron chi connectivity index (χ1n) is 7.59. The average Bonchev–Trinajstić information content (AvgIpc) is 3.30. The molecule has 0 bridgehead atoms. The van der Waals surface area contributed by atoms with Crippen molar-refractivity contribution >= 4 is 17.7 Å². The molecule has 0 aromatic heterocycles. The van der Waals surface area contributed by atoms with Crippen LogP contribution in [-0.2, 0) is 15.3 Å². The molecule has 1 atom stereocenters. The predicted molar refractivity (Wildman–Crippen MR) is 88.5 cm³/mol. The smallest absolute Gasteiger partial charge is 0.327 e. The highest BCUT2D eigenvalue weighted by atomic mass is 32.2. The minimum absolute atomic E-state index is 0.108. The van der Waals surface area contributed by atoms with Crippen molar-refractivity contribution in [2.75, 3.05) is 19.4 Å². The van der Waals surface area contributed by atoms with Gasteiger partial charge in [-0.25, -0.2) is 0 Å². The van der Waals surface area contributed by atoms with Crippen LogP contribution < -0.4 is 5.32 Å². The number of nitrogens with one attached hydrogen (secondary N) is 1. The molecule has 0 spiro atoms. The molecule has 1 aromatic rings. The lowest BCUT2D eigenvalue weighted by Gasteiger charge is -2.31. The summed E-state index contributed by atoms with van der Waals surface area (Å²) >= 11 is 1.81. The fourth-order valence-corrected chi connectivity index (χ4v) is 4.11. The predicted octanol–water partition coefficient (Wildman–Crippen LogP) is 3.16. The highest BCUT2D eigenvalue weighted by Gasteiger charge is 2.51. The van der Waals surface area contributed by atoms with Gasteiger partial charge in [-0.3, -0.25) is 4.79 Å². The SMILES string of the molecule is CCNC(CSCc1cccc(C)c1)(C(=O)OC)C1CC1. The standard InChI is InChI=1S/C17H25NO2S/c1-4-18-17(15-8-9-15,16(19)20-3)12-21-11-14-7-5-6-13(2)10-14/h5-7,10,15,18H,4,8-9,11-12H2,1-3H3. The third kappa shape index (κ3) is 4.01. The lowest BCUT2D eigenvalue weighted by atomic mass is 9.95. The second-order valence-electron chi connectivity index (χ2n) is 5.75. The maximum Gasteiger partial charge on any atom is 0.327 e. The average molecular weight is 307 g/mol. The minimum atomic E-state index is -0.502. The third-order valence-electron chi connectivity index (χ3n) is 4.00. The van der Waals surface area contributed by atoms with Gasteiger partial charge in [-0.2, -0.15) is 11.8 Å². The Morgan fingerprint density at radius 3 is 2.81 bits per heavy atom. The topological polar surface area (TPSA) is 38.3 Å². The van der Waals surface area contributed by atoms with Crippen LogP contribution in [0.1, 0.15) is 30.9 Å². The molecule has 0 amide bonds. The molecule has 1 aliphatic rings. The van der Waals surface area contributed by atoms with Crippen LogP contribution in [-0.4, -0.2) is 30.9 Å². The number of carbonyl (C=O) groups excluding carboxylic acids is 1. The molecule has 1 unspecified atom stereocenters. The number of thioether (sulfide) groups is 1. The Balaban J connectivity index is 2.00. The monoisotopic (exact) mass is 307 g/mol. The van der Waals surface area contributed by atoms with E-state index < -0.39 is 5.54 Å². The van der Waals surface area contributed by atoms with Crippen molar-refractivity contribution in [3.8, 4) is 0 Å². The molecule has 2 rings (SSSR count). The number of hydrogen-bond donors (Lipinski definition) is 1. The van der Waals surface area contributed by atoms with Gasteiger partial charge in [-0.1, -0.05) is 36.8 Å². The molecule has 1 aliphatic carbocycles. The Bertz CT molecular complexity index is 487. The maximum absolute atomic E-state index is 12.3. The van der Waals surface area contributed by atoms with E-state index in [4.69, 9.17) is 4.74 Å². The molecule has 1 saturated carbocycles. The van der Waals surface area contributed by atoms with Crippen molar-refractivity contribution in [1.29, 1.82) is 0 Å². The van der Waals surface area contributed by atoms with Crippen molar-refractivity contribution in [2.24, 2.45) is 5.92 Å². The van der Waals surface area contributed by atoms with E-state index in [1.807, 2.05) is 18.7 Å². The molecule has 116 valence electrons. The summed E-state index contributed by atoms with van der Waals surface area (Å²) in [5, 5.41) is 3.41. The summed E-state index contributed by atoms with van der Waals surface area (Å²) in [5.74, 6) is 2.02. The van der Waals surface area contributed by atoms with E-state index in [1.165, 1.54) is 18.2 Å². The van der Waals surface area contributed by atoms with E-state index in [1.54, 1.807) is 0 Å². The van der Waals surface area contributed by atoms with E-state index >= 15 is 0 Å². The van der Waals surface area contributed by atoms with Gasteiger partial charge in [0.1, 0.15) is 5.54 Å². The first-order chi connectivity index (χ1) is 10.1. The zero-order chi connectivity index (χ0) is 15.3. The molecule has 3 nitrogen and oxygen atoms in total. The number of benzene rings is 1. The fraction of sp³-hybridized carbons (Fsp3) is 0.588. The van der Waals surface area contributed by atoms with Gasteiger partial charge in [-0.15, -0.1) is 0 Å². The highest BCUT2D eigenvalue weighted by molar-refractivity contribution is 7.98. The molecule has 1 N–H and O–H groups in total. The first kappa shape index (κ1) is 16.4. The Labute approximate surface area is 131 Å². The van der Waals surface area contributed by atoms with Crippen LogP contribution in [0.25, 0.3) is 0 Å². The summed E-state index contributed by atoms with van der Waals surface area (Å²) in [7, 11) is 1.49. The van der Waals surface area contributed by atoms with Crippen LogP contribution in [0.2, 0.25) is 0 Å². The molecule has 0 radical (unpaired) electrons. The second kappa shape index (κ2) is 7.32. The first-order valence-corrected chi connectivity index (χ1v) is 8.74. The second-order valence-corrected chi connectivity index (χ2v) is 6.73. The molecule has 0 heterocycles. The minimum Gasteiger partial charge on any atom is -0.468 e. The summed E-state index contributed by atoms with van der Waals surface area (Å²) in [6.07, 6.45) is 2.24. The van der Waals surface area contributed by atoms with Crippen LogP contribution in [0.15, 0.2) is 24.3 Å². The van der Waals surface area contributed by atoms with Crippen LogP contribution in [0.5, 0.6) is 0 Å². The molecule has 1 fully saturated rings. The van der Waals surface area contributed by atoms with Gasteiger partial charge in [0.15, 0.2) is 0 Å². The van der Waals surface area contributed by atoms with Crippen molar-refractivity contribution in [3.63, 3.8) is 0 Å². The van der Waals surface area contributed by atoms with Gasteiger partial charge >= 0.3 is 5.97 Å². The van der Waals surface area contributed by atoms with Gasteiger partial charge in [-0.05, 0) is 37.8 Å². The van der Waals surface area contributed by atoms with Gasteiger partial charge in [0, 0.05) is 11.5 Å². The van der Waals surface area contributed by atoms with Crippen LogP contribution in [0, 0.1) is 12.8 Å². The highest BCUT2D eigenvalue weighted by Crippen LogP contribution is 2.42. The largest absolute Gasteiger partial charge is 0.468 e. The van der Waals surface area contributed by atoms with Gasteiger partial charge < -0.3 is 10.1 Å². The number of esters is 1. The van der Waals surface area contributed by atoms with E-state index in [0.29, 0.717) is 5.92 Å². The molecular formula is C17H25NO2S. The molecular weight excluding hydrogens is 282 g/mol. The van der Waals surface area contributed by atoms with E-state index in [2.05, 4.69) is 36.5 Å². The zero-order valence-corrected chi connectivity index (χ0v) is 14.0. The number of methoxy groups -OCH3 is 1. The van der Waals surface area contributed by atoms with E-state index in [9.17, 15) is 4.79 Å². The summed E-state index contributed by atoms with van der Waals surface area (Å²) in [6, 6.07) is 8.54. The Hall–Kier alpha value is -1.00. The van der Waals surface area contributed by atoms with Gasteiger partial charge in [0.05, 0.1) is 7.11 Å². The third-order valence-corrected chi connectivity index (χ3v) is 5.19. The number of hydrogen-bond acceptors (Lipinski definition) is 4. The van der Waals surface area contributed by atoms with Crippen molar-refractivity contribution in [1.82, 2.24) is 5.32 Å². The van der Waals surface area contributed by atoms with Crippen molar-refractivity contribution in [3.05, 3.63) is 35.4 Å². The quantitative estimate of drug-likeness (QED) is 0.749. The Morgan fingerprint density at radius 1 is 1.48 bits per heavy atom. The number of rotatable bonds is 8. The van der Waals surface area contributed by atoms with E-state index in [0.717, 1.165) is 30.9 Å². The zero-order valence-electron chi connectivity index (χ0n) is 13.1. The molecule has 1 aromatic carbocycles. The van der Waals surface area contributed by atoms with Crippen molar-refractivity contribution < 1.29 is 9.53 Å². The van der Waals surface area contributed by atoms with Crippen LogP contribution in [0.3, 0.4) is 0 Å². The fourth-order valence-electron chi connectivity index (χ4n) is 2.82. The van der Waals surface area contributed by atoms with Crippen LogP contribution in [0.4, 0.5) is 0 Å². The normalized spacial score (nSPS) is 17.3. The maximum atomic E-state index is 12.3. The lowest BCUT2D eigenvalue weighted by Crippen LogP contribution is -2.56. The molecule has 0 aliphatic heterocycles. The van der Waals surface area contributed by atoms with E-state index in [-0.39, 0.29) is 5.97 Å². The molecule has 0 saturated heterocycles. The molecule has 4 heteroatoms.